The second kappa shape index (κ2) is 8.59. The second-order valence-electron chi connectivity index (χ2n) is 5.52. The summed E-state index contributed by atoms with van der Waals surface area (Å²) in [6.45, 7) is 7.52. The van der Waals surface area contributed by atoms with E-state index in [0.29, 0.717) is 24.6 Å². The van der Waals surface area contributed by atoms with Crippen molar-refractivity contribution in [2.24, 2.45) is 5.92 Å². The average Bonchev–Trinajstić information content (AvgIpc) is 2.37. The molecule has 0 aliphatic heterocycles. The Labute approximate surface area is 121 Å². The van der Waals surface area contributed by atoms with Gasteiger partial charge in [-0.15, -0.1) is 0 Å². The molecular weight excluding hydrogens is 252 g/mol. The number of rotatable bonds is 8. The van der Waals surface area contributed by atoms with Gasteiger partial charge in [-0.3, -0.25) is 4.79 Å². The Balaban J connectivity index is 2.22. The van der Waals surface area contributed by atoms with Gasteiger partial charge < -0.3 is 15.8 Å². The minimum Gasteiger partial charge on any atom is -0.399 e. The number of hydrogen-bond acceptors (Lipinski definition) is 3. The van der Waals surface area contributed by atoms with Crippen LogP contribution in [0, 0.1) is 12.8 Å². The number of nitrogen functional groups attached to an aromatic ring is 1. The van der Waals surface area contributed by atoms with Crippen molar-refractivity contribution in [3.05, 3.63) is 23.8 Å². The quantitative estimate of drug-likeness (QED) is 0.566. The lowest BCUT2D eigenvalue weighted by Gasteiger charge is -2.10. The Morgan fingerprint density at radius 2 is 2.10 bits per heavy atom. The zero-order valence-corrected chi connectivity index (χ0v) is 12.7. The molecule has 0 aliphatic rings. The maximum Gasteiger partial charge on any atom is 0.226 e. The van der Waals surface area contributed by atoms with Crippen LogP contribution in [0.1, 0.15) is 38.7 Å². The second-order valence-corrected chi connectivity index (χ2v) is 5.52. The van der Waals surface area contributed by atoms with Gasteiger partial charge in [-0.05, 0) is 43.4 Å². The van der Waals surface area contributed by atoms with E-state index in [1.165, 1.54) is 0 Å². The Morgan fingerprint density at radius 3 is 2.80 bits per heavy atom. The third kappa shape index (κ3) is 6.57. The molecule has 0 saturated carbocycles. The molecule has 1 aromatic rings. The summed E-state index contributed by atoms with van der Waals surface area (Å²) in [5, 5.41) is 2.86. The van der Waals surface area contributed by atoms with Gasteiger partial charge in [-0.1, -0.05) is 19.9 Å². The maximum atomic E-state index is 11.8. The zero-order valence-electron chi connectivity index (χ0n) is 12.7. The van der Waals surface area contributed by atoms with Crippen molar-refractivity contribution in [2.75, 3.05) is 24.3 Å². The number of ether oxygens (including phenoxy) is 1. The fourth-order valence-corrected chi connectivity index (χ4v) is 1.85. The van der Waals surface area contributed by atoms with Crippen molar-refractivity contribution in [3.8, 4) is 0 Å². The molecule has 0 saturated heterocycles. The van der Waals surface area contributed by atoms with Crippen molar-refractivity contribution in [3.63, 3.8) is 0 Å². The van der Waals surface area contributed by atoms with E-state index in [2.05, 4.69) is 19.2 Å². The van der Waals surface area contributed by atoms with Gasteiger partial charge in [0.25, 0.3) is 0 Å². The number of hydrogen-bond donors (Lipinski definition) is 2. The monoisotopic (exact) mass is 278 g/mol. The van der Waals surface area contributed by atoms with Crippen LogP contribution in [-0.4, -0.2) is 19.1 Å². The molecule has 3 N–H and O–H groups in total. The largest absolute Gasteiger partial charge is 0.399 e. The van der Waals surface area contributed by atoms with Crippen molar-refractivity contribution in [1.82, 2.24) is 0 Å². The van der Waals surface area contributed by atoms with Crippen LogP contribution in [0.3, 0.4) is 0 Å². The first kappa shape index (κ1) is 16.5. The summed E-state index contributed by atoms with van der Waals surface area (Å²) in [5.41, 5.74) is 8.13. The van der Waals surface area contributed by atoms with Crippen molar-refractivity contribution in [1.29, 1.82) is 0 Å². The Morgan fingerprint density at radius 1 is 1.35 bits per heavy atom. The van der Waals surface area contributed by atoms with E-state index in [-0.39, 0.29) is 5.91 Å². The summed E-state index contributed by atoms with van der Waals surface area (Å²) in [5.74, 6) is 0.663. The van der Waals surface area contributed by atoms with Crippen LogP contribution in [0.2, 0.25) is 0 Å². The van der Waals surface area contributed by atoms with Crippen LogP contribution in [0.4, 0.5) is 11.4 Å². The van der Waals surface area contributed by atoms with Crippen LogP contribution in [-0.2, 0) is 9.53 Å². The maximum absolute atomic E-state index is 11.8. The number of nitrogens with one attached hydrogen (secondary N) is 1. The van der Waals surface area contributed by atoms with E-state index < -0.39 is 0 Å². The van der Waals surface area contributed by atoms with Crippen LogP contribution < -0.4 is 11.1 Å². The first-order chi connectivity index (χ1) is 9.49. The summed E-state index contributed by atoms with van der Waals surface area (Å²) < 4.78 is 5.46. The van der Waals surface area contributed by atoms with E-state index in [0.717, 1.165) is 30.7 Å². The van der Waals surface area contributed by atoms with Crippen molar-refractivity contribution < 1.29 is 9.53 Å². The smallest absolute Gasteiger partial charge is 0.226 e. The molecule has 0 fully saturated rings. The lowest BCUT2D eigenvalue weighted by Crippen LogP contribution is -2.15. The molecule has 4 heteroatoms. The predicted molar refractivity (Wildman–Crippen MR) is 83.7 cm³/mol. The van der Waals surface area contributed by atoms with Gasteiger partial charge in [0.1, 0.15) is 0 Å². The number of aryl methyl sites for hydroxylation is 1. The molecular formula is C16H26N2O2. The highest BCUT2D eigenvalue weighted by molar-refractivity contribution is 5.92. The minimum absolute atomic E-state index is 0.0393. The SMILES string of the molecule is Cc1ccc(N)cc1NC(=O)CCOCCCC(C)C. The number of anilines is 2. The number of nitrogens with two attached hydrogens (primary N) is 1. The molecule has 1 aromatic carbocycles. The normalized spacial score (nSPS) is 10.8. The van der Waals surface area contributed by atoms with Gasteiger partial charge in [-0.25, -0.2) is 0 Å². The number of amides is 1. The van der Waals surface area contributed by atoms with E-state index in [9.17, 15) is 4.79 Å². The molecule has 0 aliphatic carbocycles. The molecule has 0 bridgehead atoms. The van der Waals surface area contributed by atoms with Crippen molar-refractivity contribution >= 4 is 17.3 Å². The molecule has 1 amide bonds. The molecule has 1 rings (SSSR count). The third-order valence-electron chi connectivity index (χ3n) is 3.08. The third-order valence-corrected chi connectivity index (χ3v) is 3.08. The highest BCUT2D eigenvalue weighted by Crippen LogP contribution is 2.18. The Bertz CT molecular complexity index is 430. The summed E-state index contributed by atoms with van der Waals surface area (Å²) in [6.07, 6.45) is 2.58. The minimum atomic E-state index is -0.0393. The van der Waals surface area contributed by atoms with Gasteiger partial charge in [0, 0.05) is 18.0 Å². The summed E-state index contributed by atoms with van der Waals surface area (Å²) in [4.78, 5) is 11.8. The first-order valence-electron chi connectivity index (χ1n) is 7.22. The molecule has 0 spiro atoms. The Kier molecular flexibility index (Phi) is 7.09. The number of carbonyl (C=O) groups is 1. The molecule has 112 valence electrons. The van der Waals surface area contributed by atoms with Gasteiger partial charge in [0.2, 0.25) is 5.91 Å². The van der Waals surface area contributed by atoms with Crippen molar-refractivity contribution in [2.45, 2.75) is 40.0 Å². The van der Waals surface area contributed by atoms with Crippen LogP contribution >= 0.6 is 0 Å². The Hall–Kier alpha value is -1.55. The molecule has 0 heterocycles. The van der Waals surface area contributed by atoms with Gasteiger partial charge in [0.15, 0.2) is 0 Å². The topological polar surface area (TPSA) is 64.3 Å². The van der Waals surface area contributed by atoms with Gasteiger partial charge >= 0.3 is 0 Å². The number of carbonyl (C=O) groups excluding carboxylic acids is 1. The van der Waals surface area contributed by atoms with Gasteiger partial charge in [-0.2, -0.15) is 0 Å². The van der Waals surface area contributed by atoms with Crippen LogP contribution in [0.15, 0.2) is 18.2 Å². The molecule has 0 atom stereocenters. The van der Waals surface area contributed by atoms with Crippen LogP contribution in [0.25, 0.3) is 0 Å². The van der Waals surface area contributed by atoms with Crippen LogP contribution in [0.5, 0.6) is 0 Å². The van der Waals surface area contributed by atoms with E-state index in [1.807, 2.05) is 19.1 Å². The molecule has 0 unspecified atom stereocenters. The fraction of sp³-hybridized carbons (Fsp3) is 0.562. The highest BCUT2D eigenvalue weighted by atomic mass is 16.5. The molecule has 4 nitrogen and oxygen atoms in total. The summed E-state index contributed by atoms with van der Waals surface area (Å²) in [7, 11) is 0. The predicted octanol–water partition coefficient (Wildman–Crippen LogP) is 3.36. The molecule has 0 aromatic heterocycles. The lowest BCUT2D eigenvalue weighted by molar-refractivity contribution is -0.117. The fourth-order valence-electron chi connectivity index (χ4n) is 1.85. The molecule has 0 radical (unpaired) electrons. The first-order valence-corrected chi connectivity index (χ1v) is 7.22. The van der Waals surface area contributed by atoms with E-state index in [4.69, 9.17) is 10.5 Å². The number of benzene rings is 1. The highest BCUT2D eigenvalue weighted by Gasteiger charge is 2.05. The van der Waals surface area contributed by atoms with E-state index in [1.54, 1.807) is 6.07 Å². The lowest BCUT2D eigenvalue weighted by atomic mass is 10.1. The average molecular weight is 278 g/mol. The molecule has 20 heavy (non-hydrogen) atoms. The van der Waals surface area contributed by atoms with Gasteiger partial charge in [0.05, 0.1) is 13.0 Å². The standard InChI is InChI=1S/C16H26N2O2/c1-12(2)5-4-9-20-10-8-16(19)18-15-11-14(17)7-6-13(15)3/h6-7,11-12H,4-5,8-10,17H2,1-3H3,(H,18,19). The zero-order chi connectivity index (χ0) is 15.0. The summed E-state index contributed by atoms with van der Waals surface area (Å²) in [6, 6.07) is 5.49. The van der Waals surface area contributed by atoms with E-state index >= 15 is 0 Å². The summed E-state index contributed by atoms with van der Waals surface area (Å²) >= 11 is 0.